The van der Waals surface area contributed by atoms with E-state index in [0.29, 0.717) is 5.92 Å². The summed E-state index contributed by atoms with van der Waals surface area (Å²) in [6.07, 6.45) is 0.668. The molecule has 2 heteroatoms. The topological polar surface area (TPSA) is 20.2 Å². The van der Waals surface area contributed by atoms with Crippen LogP contribution in [0.5, 0.6) is 0 Å². The molecular weight excluding hydrogens is 156 g/mol. The van der Waals surface area contributed by atoms with Crippen molar-refractivity contribution in [1.82, 2.24) is 0 Å². The van der Waals surface area contributed by atoms with Crippen LogP contribution < -0.4 is 0 Å². The predicted molar refractivity (Wildman–Crippen MR) is 49.0 cm³/mol. The van der Waals surface area contributed by atoms with Gasteiger partial charge in [0.1, 0.15) is 0 Å². The summed E-state index contributed by atoms with van der Waals surface area (Å²) in [5, 5.41) is 13.3. The standard InChI is InChI=1S/C9H14OS/c1-7(5-8(2)10)9-3-4-11-6-9/h3-4,6-8,10H,5H2,1-2H3. The van der Waals surface area contributed by atoms with E-state index in [1.165, 1.54) is 5.56 Å². The van der Waals surface area contributed by atoms with Crippen molar-refractivity contribution in [2.75, 3.05) is 0 Å². The zero-order valence-electron chi connectivity index (χ0n) is 6.95. The summed E-state index contributed by atoms with van der Waals surface area (Å²) >= 11 is 1.71. The summed E-state index contributed by atoms with van der Waals surface area (Å²) in [5.41, 5.74) is 1.34. The smallest absolute Gasteiger partial charge is 0.0517 e. The molecule has 0 aliphatic heterocycles. The van der Waals surface area contributed by atoms with Crippen LogP contribution in [0.1, 0.15) is 31.7 Å². The van der Waals surface area contributed by atoms with E-state index in [1.54, 1.807) is 11.3 Å². The van der Waals surface area contributed by atoms with Gasteiger partial charge in [0.25, 0.3) is 0 Å². The third-order valence-corrected chi connectivity index (χ3v) is 2.51. The summed E-state index contributed by atoms with van der Waals surface area (Å²) in [6, 6.07) is 2.12. The highest BCUT2D eigenvalue weighted by Gasteiger charge is 2.07. The van der Waals surface area contributed by atoms with Gasteiger partial charge in [0.2, 0.25) is 0 Å². The molecular formula is C9H14OS. The fourth-order valence-electron chi connectivity index (χ4n) is 1.20. The zero-order chi connectivity index (χ0) is 8.27. The number of rotatable bonds is 3. The minimum absolute atomic E-state index is 0.190. The molecule has 1 nitrogen and oxygen atoms in total. The van der Waals surface area contributed by atoms with E-state index < -0.39 is 0 Å². The second-order valence-corrected chi connectivity index (χ2v) is 3.82. The normalized spacial score (nSPS) is 16.3. The van der Waals surface area contributed by atoms with Crippen molar-refractivity contribution < 1.29 is 5.11 Å². The van der Waals surface area contributed by atoms with Crippen LogP contribution in [0.15, 0.2) is 16.8 Å². The van der Waals surface area contributed by atoms with Crippen molar-refractivity contribution in [3.63, 3.8) is 0 Å². The van der Waals surface area contributed by atoms with E-state index in [1.807, 2.05) is 6.92 Å². The van der Waals surface area contributed by atoms with Gasteiger partial charge in [-0.25, -0.2) is 0 Å². The van der Waals surface area contributed by atoms with E-state index in [2.05, 4.69) is 23.8 Å². The Morgan fingerprint density at radius 1 is 1.55 bits per heavy atom. The van der Waals surface area contributed by atoms with E-state index in [0.717, 1.165) is 6.42 Å². The van der Waals surface area contributed by atoms with Crippen LogP contribution in [0.3, 0.4) is 0 Å². The Morgan fingerprint density at radius 3 is 2.73 bits per heavy atom. The molecule has 0 fully saturated rings. The average Bonchev–Trinajstić information content (AvgIpc) is 2.35. The minimum Gasteiger partial charge on any atom is -0.393 e. The molecule has 1 aromatic rings. The van der Waals surface area contributed by atoms with E-state index >= 15 is 0 Å². The molecule has 0 aliphatic rings. The van der Waals surface area contributed by atoms with Crippen LogP contribution in [0.25, 0.3) is 0 Å². The number of aliphatic hydroxyl groups is 1. The molecule has 11 heavy (non-hydrogen) atoms. The fraction of sp³-hybridized carbons (Fsp3) is 0.556. The lowest BCUT2D eigenvalue weighted by Gasteiger charge is -2.10. The Bertz CT molecular complexity index is 191. The molecule has 0 aromatic carbocycles. The number of aliphatic hydroxyl groups excluding tert-OH is 1. The maximum absolute atomic E-state index is 9.12. The first-order valence-electron chi connectivity index (χ1n) is 3.90. The molecule has 62 valence electrons. The van der Waals surface area contributed by atoms with Gasteiger partial charge in [-0.05, 0) is 41.7 Å². The zero-order valence-corrected chi connectivity index (χ0v) is 7.77. The molecule has 0 amide bonds. The molecule has 0 saturated carbocycles. The molecule has 2 unspecified atom stereocenters. The Hall–Kier alpha value is -0.340. The molecule has 0 aliphatic carbocycles. The maximum atomic E-state index is 9.12. The number of hydrogen-bond acceptors (Lipinski definition) is 2. The van der Waals surface area contributed by atoms with E-state index in [9.17, 15) is 0 Å². The van der Waals surface area contributed by atoms with Crippen molar-refractivity contribution in [2.45, 2.75) is 32.3 Å². The van der Waals surface area contributed by atoms with Crippen molar-refractivity contribution in [3.8, 4) is 0 Å². The van der Waals surface area contributed by atoms with Gasteiger partial charge in [-0.2, -0.15) is 11.3 Å². The van der Waals surface area contributed by atoms with Gasteiger partial charge in [0.15, 0.2) is 0 Å². The fourth-order valence-corrected chi connectivity index (χ4v) is 1.99. The molecule has 1 N–H and O–H groups in total. The monoisotopic (exact) mass is 170 g/mol. The molecule has 2 atom stereocenters. The second kappa shape index (κ2) is 3.88. The van der Waals surface area contributed by atoms with Gasteiger partial charge >= 0.3 is 0 Å². The lowest BCUT2D eigenvalue weighted by Crippen LogP contribution is -2.04. The summed E-state index contributed by atoms with van der Waals surface area (Å²) in [5.74, 6) is 0.487. The van der Waals surface area contributed by atoms with Gasteiger partial charge in [0.05, 0.1) is 6.10 Å². The third-order valence-electron chi connectivity index (χ3n) is 1.81. The Morgan fingerprint density at radius 2 is 2.27 bits per heavy atom. The lowest BCUT2D eigenvalue weighted by atomic mass is 9.98. The van der Waals surface area contributed by atoms with Crippen LogP contribution >= 0.6 is 11.3 Å². The highest BCUT2D eigenvalue weighted by molar-refractivity contribution is 7.07. The largest absolute Gasteiger partial charge is 0.393 e. The van der Waals surface area contributed by atoms with Gasteiger partial charge in [-0.15, -0.1) is 0 Å². The first-order valence-corrected chi connectivity index (χ1v) is 4.84. The van der Waals surface area contributed by atoms with Crippen LogP contribution in [-0.4, -0.2) is 11.2 Å². The molecule has 0 spiro atoms. The maximum Gasteiger partial charge on any atom is 0.0517 e. The molecule has 1 heterocycles. The summed E-state index contributed by atoms with van der Waals surface area (Å²) in [6.45, 7) is 3.98. The molecule has 0 radical (unpaired) electrons. The van der Waals surface area contributed by atoms with Crippen LogP contribution in [0.4, 0.5) is 0 Å². The van der Waals surface area contributed by atoms with Gasteiger partial charge in [-0.1, -0.05) is 6.92 Å². The van der Waals surface area contributed by atoms with Crippen LogP contribution in [0.2, 0.25) is 0 Å². The molecule has 0 saturated heterocycles. The van der Waals surface area contributed by atoms with E-state index in [4.69, 9.17) is 5.11 Å². The number of hydrogen-bond donors (Lipinski definition) is 1. The van der Waals surface area contributed by atoms with Gasteiger partial charge in [0, 0.05) is 0 Å². The Kier molecular flexibility index (Phi) is 3.09. The SMILES string of the molecule is CC(O)CC(C)c1ccsc1. The quantitative estimate of drug-likeness (QED) is 0.739. The van der Waals surface area contributed by atoms with E-state index in [-0.39, 0.29) is 6.10 Å². The van der Waals surface area contributed by atoms with Crippen molar-refractivity contribution in [3.05, 3.63) is 22.4 Å². The molecule has 1 rings (SSSR count). The van der Waals surface area contributed by atoms with Crippen molar-refractivity contribution >= 4 is 11.3 Å². The highest BCUT2D eigenvalue weighted by Crippen LogP contribution is 2.22. The molecule has 0 bridgehead atoms. The average molecular weight is 170 g/mol. The van der Waals surface area contributed by atoms with Gasteiger partial charge < -0.3 is 5.11 Å². The second-order valence-electron chi connectivity index (χ2n) is 3.04. The van der Waals surface area contributed by atoms with Gasteiger partial charge in [-0.3, -0.25) is 0 Å². The lowest BCUT2D eigenvalue weighted by molar-refractivity contribution is 0.176. The Labute approximate surface area is 71.7 Å². The first kappa shape index (κ1) is 8.75. The van der Waals surface area contributed by atoms with Crippen LogP contribution in [-0.2, 0) is 0 Å². The van der Waals surface area contributed by atoms with Crippen LogP contribution in [0, 0.1) is 0 Å². The minimum atomic E-state index is -0.190. The predicted octanol–water partition coefficient (Wildman–Crippen LogP) is 2.62. The number of thiophene rings is 1. The summed E-state index contributed by atoms with van der Waals surface area (Å²) in [4.78, 5) is 0. The third kappa shape index (κ3) is 2.64. The first-order chi connectivity index (χ1) is 5.20. The van der Waals surface area contributed by atoms with Crippen molar-refractivity contribution in [2.24, 2.45) is 0 Å². The van der Waals surface area contributed by atoms with Crippen molar-refractivity contribution in [1.29, 1.82) is 0 Å². The Balaban J connectivity index is 2.49. The molecule has 1 aromatic heterocycles. The summed E-state index contributed by atoms with van der Waals surface area (Å²) in [7, 11) is 0. The summed E-state index contributed by atoms with van der Waals surface area (Å²) < 4.78 is 0. The highest BCUT2D eigenvalue weighted by atomic mass is 32.1.